The van der Waals surface area contributed by atoms with Crippen molar-refractivity contribution in [3.05, 3.63) is 41.4 Å². The lowest BCUT2D eigenvalue weighted by Crippen LogP contribution is -2.40. The summed E-state index contributed by atoms with van der Waals surface area (Å²) in [6.45, 7) is 7.35. The summed E-state index contributed by atoms with van der Waals surface area (Å²) in [6, 6.07) is 8.58. The molecule has 1 aromatic carbocycles. The van der Waals surface area contributed by atoms with Crippen LogP contribution < -0.4 is 10.3 Å². The van der Waals surface area contributed by atoms with Crippen LogP contribution in [0.5, 0.6) is 0 Å². The highest BCUT2D eigenvalue weighted by atomic mass is 32.1. The van der Waals surface area contributed by atoms with Crippen LogP contribution in [0.1, 0.15) is 32.1 Å². The summed E-state index contributed by atoms with van der Waals surface area (Å²) in [6.07, 6.45) is 1.86. The average Bonchev–Trinajstić information content (AvgIpc) is 3.21. The lowest BCUT2D eigenvalue weighted by molar-refractivity contribution is -0.156. The van der Waals surface area contributed by atoms with E-state index in [-0.39, 0.29) is 18.0 Å². The third-order valence-electron chi connectivity index (χ3n) is 3.71. The van der Waals surface area contributed by atoms with Crippen LogP contribution in [-0.2, 0) is 14.3 Å². The van der Waals surface area contributed by atoms with Crippen molar-refractivity contribution >= 4 is 39.7 Å². The largest absolute Gasteiger partial charge is 0.458 e. The van der Waals surface area contributed by atoms with Crippen molar-refractivity contribution in [3.63, 3.8) is 0 Å². The number of aryl methyl sites for hydroxylation is 1. The van der Waals surface area contributed by atoms with Crippen molar-refractivity contribution in [2.45, 2.75) is 45.8 Å². The number of carbonyl (C=O) groups excluding carboxylic acids is 2. The summed E-state index contributed by atoms with van der Waals surface area (Å²) in [5.74, 6) is -0.778. The van der Waals surface area contributed by atoms with E-state index >= 15 is 0 Å². The molecule has 1 aliphatic rings. The number of thiazole rings is 1. The number of rotatable bonds is 4. The molecule has 8 heteroatoms. The summed E-state index contributed by atoms with van der Waals surface area (Å²) in [7, 11) is 0. The second-order valence-electron chi connectivity index (χ2n) is 7.21. The molecule has 1 amide bonds. The van der Waals surface area contributed by atoms with Gasteiger partial charge in [0.05, 0.1) is 5.69 Å². The Hall–Kier alpha value is -2.74. The molecule has 0 spiro atoms. The quantitative estimate of drug-likeness (QED) is 0.815. The summed E-state index contributed by atoms with van der Waals surface area (Å²) in [5, 5.41) is 9.21. The van der Waals surface area contributed by atoms with Crippen LogP contribution in [0.25, 0.3) is 0 Å². The maximum Gasteiger partial charge on any atom is 0.331 e. The van der Waals surface area contributed by atoms with Crippen molar-refractivity contribution in [2.24, 2.45) is 5.10 Å². The number of hydrazone groups is 1. The Balaban J connectivity index is 1.83. The van der Waals surface area contributed by atoms with E-state index in [1.807, 2.05) is 58.0 Å². The molecule has 2 heterocycles. The molecule has 27 heavy (non-hydrogen) atoms. The first-order chi connectivity index (χ1) is 12.7. The van der Waals surface area contributed by atoms with Crippen LogP contribution in [0, 0.1) is 6.92 Å². The van der Waals surface area contributed by atoms with Gasteiger partial charge in [-0.05, 0) is 39.8 Å². The molecule has 1 N–H and O–H groups in total. The molecule has 142 valence electrons. The van der Waals surface area contributed by atoms with E-state index in [0.717, 1.165) is 10.6 Å². The molecule has 0 saturated carbocycles. The van der Waals surface area contributed by atoms with Crippen molar-refractivity contribution in [1.29, 1.82) is 0 Å². The highest BCUT2D eigenvalue weighted by Gasteiger charge is 2.38. The summed E-state index contributed by atoms with van der Waals surface area (Å²) < 4.78 is 5.53. The topological polar surface area (TPSA) is 83.9 Å². The Morgan fingerprint density at radius 1 is 1.26 bits per heavy atom. The number of esters is 1. The van der Waals surface area contributed by atoms with Crippen LogP contribution >= 0.6 is 11.3 Å². The van der Waals surface area contributed by atoms with Gasteiger partial charge < -0.3 is 4.74 Å². The van der Waals surface area contributed by atoms with Crippen LogP contribution in [-0.4, -0.2) is 34.2 Å². The van der Waals surface area contributed by atoms with Gasteiger partial charge in [0.1, 0.15) is 11.3 Å². The Kier molecular flexibility index (Phi) is 5.27. The minimum atomic E-state index is -0.689. The first-order valence-corrected chi connectivity index (χ1v) is 9.43. The van der Waals surface area contributed by atoms with Crippen LogP contribution in [0.2, 0.25) is 0 Å². The predicted octanol–water partition coefficient (Wildman–Crippen LogP) is 3.37. The summed E-state index contributed by atoms with van der Waals surface area (Å²) >= 11 is 1.38. The Bertz CT molecular complexity index is 871. The smallest absolute Gasteiger partial charge is 0.331 e. The standard InChI is InChI=1S/C19H22N4O3S/c1-12-11-20-18(27-12)21-16(24)14-10-15(17(25)26-19(2,3)4)23(22-14)13-8-6-5-7-9-13/h5-9,11,15H,10H2,1-4H3,(H,20,21,24). The summed E-state index contributed by atoms with van der Waals surface area (Å²) in [5.41, 5.74) is 0.367. The maximum absolute atomic E-state index is 12.7. The highest BCUT2D eigenvalue weighted by molar-refractivity contribution is 7.15. The number of para-hydroxylation sites is 1. The number of nitrogens with one attached hydrogen (secondary N) is 1. The number of benzene rings is 1. The number of hydrogen-bond acceptors (Lipinski definition) is 7. The number of nitrogens with zero attached hydrogens (tertiary/aromatic N) is 3. The minimum Gasteiger partial charge on any atom is -0.458 e. The SMILES string of the molecule is Cc1cnc(NC(=O)C2=NN(c3ccccc3)C(C(=O)OC(C)(C)C)C2)s1. The van der Waals surface area contributed by atoms with Gasteiger partial charge in [-0.1, -0.05) is 18.2 Å². The number of carbonyl (C=O) groups is 2. The van der Waals surface area contributed by atoms with Crippen LogP contribution in [0.15, 0.2) is 41.6 Å². The zero-order valence-corrected chi connectivity index (χ0v) is 16.5. The third-order valence-corrected chi connectivity index (χ3v) is 4.54. The molecule has 0 bridgehead atoms. The van der Waals surface area contributed by atoms with Gasteiger partial charge in [-0.25, -0.2) is 9.78 Å². The molecule has 3 rings (SSSR count). The first-order valence-electron chi connectivity index (χ1n) is 8.61. The normalized spacial score (nSPS) is 16.8. The number of anilines is 2. The maximum atomic E-state index is 12.7. The monoisotopic (exact) mass is 386 g/mol. The first kappa shape index (κ1) is 19.0. The Morgan fingerprint density at radius 3 is 2.56 bits per heavy atom. The molecule has 1 atom stereocenters. The van der Waals surface area contributed by atoms with E-state index in [0.29, 0.717) is 5.13 Å². The van der Waals surface area contributed by atoms with Gasteiger partial charge in [-0.15, -0.1) is 11.3 Å². The number of amides is 1. The van der Waals surface area contributed by atoms with Crippen molar-refractivity contribution in [2.75, 3.05) is 10.3 Å². The molecule has 7 nitrogen and oxygen atoms in total. The third kappa shape index (κ3) is 4.71. The zero-order chi connectivity index (χ0) is 19.6. The van der Waals surface area contributed by atoms with Gasteiger partial charge in [0, 0.05) is 17.5 Å². The fourth-order valence-electron chi connectivity index (χ4n) is 2.60. The van der Waals surface area contributed by atoms with Gasteiger partial charge >= 0.3 is 5.97 Å². The second kappa shape index (κ2) is 7.48. The molecule has 0 radical (unpaired) electrons. The summed E-state index contributed by atoms with van der Waals surface area (Å²) in [4.78, 5) is 30.4. The van der Waals surface area contributed by atoms with E-state index in [1.54, 1.807) is 11.2 Å². The van der Waals surface area contributed by atoms with Crippen LogP contribution in [0.3, 0.4) is 0 Å². The van der Waals surface area contributed by atoms with Gasteiger partial charge in [-0.3, -0.25) is 15.1 Å². The van der Waals surface area contributed by atoms with E-state index in [4.69, 9.17) is 4.74 Å². The van der Waals surface area contributed by atoms with E-state index in [1.165, 1.54) is 11.3 Å². The van der Waals surface area contributed by atoms with Gasteiger partial charge in [-0.2, -0.15) is 5.10 Å². The Morgan fingerprint density at radius 2 is 1.96 bits per heavy atom. The highest BCUT2D eigenvalue weighted by Crippen LogP contribution is 2.27. The molecule has 0 saturated heterocycles. The molecular formula is C19H22N4O3S. The molecule has 2 aromatic rings. The Labute approximate surface area is 162 Å². The number of ether oxygens (including phenoxy) is 1. The molecule has 1 aliphatic heterocycles. The molecule has 1 aromatic heterocycles. The number of hydrogen-bond donors (Lipinski definition) is 1. The fourth-order valence-corrected chi connectivity index (χ4v) is 3.26. The zero-order valence-electron chi connectivity index (χ0n) is 15.7. The second-order valence-corrected chi connectivity index (χ2v) is 8.45. The van der Waals surface area contributed by atoms with Crippen molar-refractivity contribution in [3.8, 4) is 0 Å². The van der Waals surface area contributed by atoms with Crippen molar-refractivity contribution < 1.29 is 14.3 Å². The fraction of sp³-hybridized carbons (Fsp3) is 0.368. The molecule has 0 fully saturated rings. The van der Waals surface area contributed by atoms with Gasteiger partial charge in [0.25, 0.3) is 5.91 Å². The minimum absolute atomic E-state index is 0.167. The molecule has 1 unspecified atom stereocenters. The lowest BCUT2D eigenvalue weighted by Gasteiger charge is -2.26. The van der Waals surface area contributed by atoms with Gasteiger partial charge in [0.15, 0.2) is 11.2 Å². The van der Waals surface area contributed by atoms with Crippen molar-refractivity contribution in [1.82, 2.24) is 4.98 Å². The van der Waals surface area contributed by atoms with E-state index in [2.05, 4.69) is 15.4 Å². The van der Waals surface area contributed by atoms with E-state index in [9.17, 15) is 9.59 Å². The average molecular weight is 386 g/mol. The van der Waals surface area contributed by atoms with E-state index < -0.39 is 17.6 Å². The molecule has 0 aliphatic carbocycles. The number of aromatic nitrogens is 1. The van der Waals surface area contributed by atoms with Crippen LogP contribution in [0.4, 0.5) is 10.8 Å². The molecular weight excluding hydrogens is 364 g/mol. The lowest BCUT2D eigenvalue weighted by atomic mass is 10.1. The predicted molar refractivity (Wildman–Crippen MR) is 106 cm³/mol. The van der Waals surface area contributed by atoms with Gasteiger partial charge in [0.2, 0.25) is 0 Å².